The Morgan fingerprint density at radius 2 is 1.22 bits per heavy atom. The summed E-state index contributed by atoms with van der Waals surface area (Å²) < 4.78 is 0. The summed E-state index contributed by atoms with van der Waals surface area (Å²) in [5.74, 6) is 0.813. The molecule has 0 spiro atoms. The second kappa shape index (κ2) is 5.74. The van der Waals surface area contributed by atoms with E-state index in [0.717, 1.165) is 5.92 Å². The molecule has 0 aromatic heterocycles. The fourth-order valence-electron chi connectivity index (χ4n) is 2.72. The first-order valence-corrected chi connectivity index (χ1v) is 13.7. The Labute approximate surface area is 116 Å². The van der Waals surface area contributed by atoms with Gasteiger partial charge < -0.3 is 0 Å². The lowest BCUT2D eigenvalue weighted by molar-refractivity contribution is 0.723. The van der Waals surface area contributed by atoms with Crippen LogP contribution in [0.3, 0.4) is 0 Å². The summed E-state index contributed by atoms with van der Waals surface area (Å²) in [6, 6.07) is 12.4. The van der Waals surface area contributed by atoms with E-state index in [1.54, 1.807) is 10.4 Å². The molecule has 0 unspecified atom stereocenters. The molecule has 0 aliphatic heterocycles. The largest absolute Gasteiger partial charge is 0.0808 e. The monoisotopic (exact) mass is 278 g/mol. The van der Waals surface area contributed by atoms with E-state index in [2.05, 4.69) is 71.2 Å². The fraction of sp³-hybridized carbons (Fsp3) is 0.625. The van der Waals surface area contributed by atoms with E-state index in [1.807, 2.05) is 0 Å². The van der Waals surface area contributed by atoms with Crippen molar-refractivity contribution in [2.45, 2.75) is 59.0 Å². The number of hydrogen-bond acceptors (Lipinski definition) is 0. The lowest BCUT2D eigenvalue weighted by Gasteiger charge is -2.27. The second-order valence-corrected chi connectivity index (χ2v) is 17.1. The van der Waals surface area contributed by atoms with Crippen molar-refractivity contribution in [3.63, 3.8) is 0 Å². The predicted octanol–water partition coefficient (Wildman–Crippen LogP) is 4.19. The zero-order valence-electron chi connectivity index (χ0n) is 13.3. The van der Waals surface area contributed by atoms with Crippen molar-refractivity contribution in [1.82, 2.24) is 0 Å². The van der Waals surface area contributed by atoms with Crippen LogP contribution in [0.15, 0.2) is 24.3 Å². The minimum atomic E-state index is -1.22. The molecule has 0 saturated heterocycles. The molecule has 1 aromatic carbocycles. The van der Waals surface area contributed by atoms with E-state index >= 15 is 0 Å². The van der Waals surface area contributed by atoms with Crippen molar-refractivity contribution >= 4 is 26.5 Å². The van der Waals surface area contributed by atoms with Crippen molar-refractivity contribution in [1.29, 1.82) is 0 Å². The summed E-state index contributed by atoms with van der Waals surface area (Å²) in [6.45, 7) is 17.0. The minimum absolute atomic E-state index is 0.813. The number of hydrogen-bond donors (Lipinski definition) is 0. The average Bonchev–Trinajstić information content (AvgIpc) is 2.27. The van der Waals surface area contributed by atoms with Gasteiger partial charge in [0, 0.05) is 0 Å². The smallest absolute Gasteiger partial charge is 0.0675 e. The highest BCUT2D eigenvalue weighted by Crippen LogP contribution is 2.17. The molecule has 0 saturated carbocycles. The van der Waals surface area contributed by atoms with E-state index in [4.69, 9.17) is 0 Å². The molecule has 1 aromatic rings. The molecular weight excluding hydrogens is 248 g/mol. The third kappa shape index (κ3) is 3.82. The molecule has 2 heteroatoms. The van der Waals surface area contributed by atoms with Gasteiger partial charge in [-0.25, -0.2) is 0 Å². The zero-order chi connectivity index (χ0) is 14.0. The molecule has 0 amide bonds. The summed E-state index contributed by atoms with van der Waals surface area (Å²) in [5, 5.41) is 3.24. The first-order chi connectivity index (χ1) is 8.19. The maximum atomic E-state index is 2.50. The highest BCUT2D eigenvalue weighted by molar-refractivity contribution is 6.91. The van der Waals surface area contributed by atoms with Crippen LogP contribution in [0.25, 0.3) is 0 Å². The Bertz CT molecular complexity index is 375. The van der Waals surface area contributed by atoms with Gasteiger partial charge in [-0.3, -0.25) is 0 Å². The van der Waals surface area contributed by atoms with Crippen LogP contribution in [0.1, 0.15) is 20.8 Å². The molecule has 0 N–H and O–H groups in total. The van der Waals surface area contributed by atoms with Gasteiger partial charge in [0.1, 0.15) is 0 Å². The van der Waals surface area contributed by atoms with Crippen molar-refractivity contribution in [2.24, 2.45) is 5.92 Å². The van der Waals surface area contributed by atoms with Crippen LogP contribution in [0.5, 0.6) is 0 Å². The maximum Gasteiger partial charge on any atom is 0.0808 e. The van der Waals surface area contributed by atoms with Crippen molar-refractivity contribution < 1.29 is 0 Å². The van der Waals surface area contributed by atoms with Gasteiger partial charge in [0.2, 0.25) is 0 Å². The van der Waals surface area contributed by atoms with Crippen LogP contribution < -0.4 is 10.4 Å². The van der Waals surface area contributed by atoms with Gasteiger partial charge in [0.15, 0.2) is 0 Å². The van der Waals surface area contributed by atoms with E-state index in [9.17, 15) is 0 Å². The van der Waals surface area contributed by atoms with Gasteiger partial charge in [0.25, 0.3) is 0 Å². The molecule has 0 heterocycles. The van der Waals surface area contributed by atoms with Crippen LogP contribution in [-0.2, 0) is 0 Å². The third-order valence-corrected chi connectivity index (χ3v) is 11.6. The molecule has 0 bridgehead atoms. The molecule has 0 fully saturated rings. The van der Waals surface area contributed by atoms with Gasteiger partial charge >= 0.3 is 0 Å². The molecular formula is C16H30Si2. The molecule has 102 valence electrons. The number of rotatable bonds is 5. The Balaban J connectivity index is 2.96. The van der Waals surface area contributed by atoms with E-state index < -0.39 is 16.1 Å². The first-order valence-electron chi connectivity index (χ1n) is 7.30. The van der Waals surface area contributed by atoms with E-state index in [0.29, 0.717) is 0 Å². The average molecular weight is 279 g/mol. The Hall–Kier alpha value is -0.346. The molecule has 0 radical (unpaired) electrons. The lowest BCUT2D eigenvalue weighted by atomic mass is 10.3. The SMILES string of the molecule is CC[Si](C)(C)c1ccc([Si](C)(C)CC(C)C)cc1. The minimum Gasteiger partial charge on any atom is -0.0675 e. The molecule has 1 rings (SSSR count). The number of benzene rings is 1. The van der Waals surface area contributed by atoms with Crippen LogP contribution in [0, 0.1) is 5.92 Å². The van der Waals surface area contributed by atoms with Gasteiger partial charge in [-0.05, 0) is 5.92 Å². The normalized spacial score (nSPS) is 13.1. The van der Waals surface area contributed by atoms with Crippen molar-refractivity contribution in [3.8, 4) is 0 Å². The summed E-state index contributed by atoms with van der Waals surface area (Å²) in [6.07, 6.45) is 0. The topological polar surface area (TPSA) is 0 Å². The lowest BCUT2D eigenvalue weighted by Crippen LogP contribution is -2.45. The third-order valence-electron chi connectivity index (χ3n) is 4.25. The molecule has 0 nitrogen and oxygen atoms in total. The fourth-order valence-corrected chi connectivity index (χ4v) is 7.54. The summed E-state index contributed by atoms with van der Waals surface area (Å²) in [5.41, 5.74) is 0. The van der Waals surface area contributed by atoms with E-state index in [1.165, 1.54) is 12.1 Å². The van der Waals surface area contributed by atoms with Gasteiger partial charge in [-0.15, -0.1) is 0 Å². The van der Waals surface area contributed by atoms with Gasteiger partial charge in [-0.1, -0.05) is 93.7 Å². The first kappa shape index (κ1) is 15.7. The Morgan fingerprint density at radius 3 is 1.56 bits per heavy atom. The molecule has 0 atom stereocenters. The molecule has 18 heavy (non-hydrogen) atoms. The zero-order valence-corrected chi connectivity index (χ0v) is 15.3. The van der Waals surface area contributed by atoms with Gasteiger partial charge in [-0.2, -0.15) is 0 Å². The van der Waals surface area contributed by atoms with Crippen LogP contribution >= 0.6 is 0 Å². The van der Waals surface area contributed by atoms with Gasteiger partial charge in [0.05, 0.1) is 16.1 Å². The highest BCUT2D eigenvalue weighted by atomic mass is 28.3. The second-order valence-electron chi connectivity index (χ2n) is 7.30. The predicted molar refractivity (Wildman–Crippen MR) is 90.8 cm³/mol. The molecule has 0 aliphatic carbocycles. The summed E-state index contributed by atoms with van der Waals surface area (Å²) >= 11 is 0. The summed E-state index contributed by atoms with van der Waals surface area (Å²) in [7, 11) is -2.37. The Kier molecular flexibility index (Phi) is 5.01. The molecule has 0 aliphatic rings. The van der Waals surface area contributed by atoms with Crippen LogP contribution in [-0.4, -0.2) is 16.1 Å². The Morgan fingerprint density at radius 1 is 0.833 bits per heavy atom. The van der Waals surface area contributed by atoms with E-state index in [-0.39, 0.29) is 0 Å². The van der Waals surface area contributed by atoms with Crippen molar-refractivity contribution in [3.05, 3.63) is 24.3 Å². The maximum absolute atomic E-state index is 2.50. The van der Waals surface area contributed by atoms with Crippen LogP contribution in [0.4, 0.5) is 0 Å². The van der Waals surface area contributed by atoms with Crippen molar-refractivity contribution in [2.75, 3.05) is 0 Å². The quantitative estimate of drug-likeness (QED) is 0.708. The summed E-state index contributed by atoms with van der Waals surface area (Å²) in [4.78, 5) is 0. The van der Waals surface area contributed by atoms with Crippen LogP contribution in [0.2, 0.25) is 38.3 Å². The highest BCUT2D eigenvalue weighted by Gasteiger charge is 2.26. The standard InChI is InChI=1S/C16H30Si2/c1-8-17(4,5)15-9-11-16(12-10-15)18(6,7)13-14(2)3/h9-12,14H,8,13H2,1-7H3.